The molecule has 0 saturated heterocycles. The lowest BCUT2D eigenvalue weighted by atomic mass is 9.88. The summed E-state index contributed by atoms with van der Waals surface area (Å²) in [6.07, 6.45) is 8.44. The molecule has 0 aromatic heterocycles. The maximum atomic E-state index is 9.50. The van der Waals surface area contributed by atoms with Crippen molar-refractivity contribution in [1.82, 2.24) is 0 Å². The minimum atomic E-state index is -1.08. The first-order chi connectivity index (χ1) is 9.05. The second-order valence-corrected chi connectivity index (χ2v) is 6.94. The average Bonchev–Trinajstić information content (AvgIpc) is 2.27. The van der Waals surface area contributed by atoms with Gasteiger partial charge in [0.25, 0.3) is 0 Å². The molecule has 0 spiro atoms. The Morgan fingerprint density at radius 3 is 2.10 bits per heavy atom. The monoisotopic (exact) mass is 284 g/mol. The first-order valence-electron chi connectivity index (χ1n) is 7.51. The van der Waals surface area contributed by atoms with Gasteiger partial charge in [-0.3, -0.25) is 0 Å². The molecule has 0 aromatic rings. The van der Waals surface area contributed by atoms with E-state index in [4.69, 9.17) is 15.9 Å². The molecule has 0 rings (SSSR count). The van der Waals surface area contributed by atoms with Crippen LogP contribution in [0.25, 0.3) is 0 Å². The van der Waals surface area contributed by atoms with E-state index in [2.05, 4.69) is 33.6 Å². The van der Waals surface area contributed by atoms with Gasteiger partial charge in [-0.25, -0.2) is 0 Å². The molecular formula is C17H32O3. The molecule has 3 nitrogen and oxygen atoms in total. The Balaban J connectivity index is 3.92. The Morgan fingerprint density at radius 1 is 1.05 bits per heavy atom. The van der Waals surface area contributed by atoms with Gasteiger partial charge in [-0.05, 0) is 59.8 Å². The Morgan fingerprint density at radius 2 is 1.65 bits per heavy atom. The van der Waals surface area contributed by atoms with Gasteiger partial charge in [-0.2, -0.15) is 0 Å². The van der Waals surface area contributed by atoms with E-state index in [-0.39, 0.29) is 11.5 Å². The Kier molecular flexibility index (Phi) is 8.42. The van der Waals surface area contributed by atoms with Crippen LogP contribution in [0.15, 0.2) is 0 Å². The molecule has 0 aliphatic heterocycles. The van der Waals surface area contributed by atoms with Crippen LogP contribution >= 0.6 is 0 Å². The normalized spacial score (nSPS) is 15.7. The van der Waals surface area contributed by atoms with E-state index < -0.39 is 5.79 Å². The zero-order valence-electron chi connectivity index (χ0n) is 14.0. The molecule has 0 bridgehead atoms. The van der Waals surface area contributed by atoms with Gasteiger partial charge in [0.2, 0.25) is 0 Å². The maximum absolute atomic E-state index is 9.50. The summed E-state index contributed by atoms with van der Waals surface area (Å²) in [5.41, 5.74) is -0.0741. The fraction of sp³-hybridized carbons (Fsp3) is 0.882. The van der Waals surface area contributed by atoms with E-state index in [9.17, 15) is 5.11 Å². The second-order valence-electron chi connectivity index (χ2n) is 6.94. The van der Waals surface area contributed by atoms with Gasteiger partial charge in [0.1, 0.15) is 0 Å². The SMILES string of the molecule is C#C[C@H](CCOC(C)(C)O)[C@H](C)CCCOC(C)(C)C. The summed E-state index contributed by atoms with van der Waals surface area (Å²) in [5.74, 6) is 2.39. The van der Waals surface area contributed by atoms with E-state index >= 15 is 0 Å². The van der Waals surface area contributed by atoms with Crippen molar-refractivity contribution in [3.63, 3.8) is 0 Å². The summed E-state index contributed by atoms with van der Waals surface area (Å²) in [6, 6.07) is 0. The van der Waals surface area contributed by atoms with E-state index in [1.54, 1.807) is 13.8 Å². The summed E-state index contributed by atoms with van der Waals surface area (Å²) in [5, 5.41) is 9.50. The maximum Gasteiger partial charge on any atom is 0.159 e. The highest BCUT2D eigenvalue weighted by Crippen LogP contribution is 2.21. The van der Waals surface area contributed by atoms with Crippen LogP contribution < -0.4 is 0 Å². The molecule has 0 fully saturated rings. The minimum Gasteiger partial charge on any atom is -0.376 e. The molecule has 0 saturated carbocycles. The summed E-state index contributed by atoms with van der Waals surface area (Å²) < 4.78 is 11.0. The summed E-state index contributed by atoms with van der Waals surface area (Å²) in [4.78, 5) is 0. The van der Waals surface area contributed by atoms with Crippen molar-refractivity contribution in [2.24, 2.45) is 11.8 Å². The van der Waals surface area contributed by atoms with Crippen LogP contribution in [0.1, 0.15) is 60.8 Å². The molecule has 0 aliphatic rings. The summed E-state index contributed by atoms with van der Waals surface area (Å²) in [6.45, 7) is 12.9. The zero-order valence-corrected chi connectivity index (χ0v) is 14.0. The topological polar surface area (TPSA) is 38.7 Å². The Hall–Kier alpha value is -0.560. The van der Waals surface area contributed by atoms with Crippen molar-refractivity contribution < 1.29 is 14.6 Å². The van der Waals surface area contributed by atoms with Crippen LogP contribution in [-0.4, -0.2) is 29.7 Å². The van der Waals surface area contributed by atoms with Crippen LogP contribution in [0.4, 0.5) is 0 Å². The second kappa shape index (κ2) is 8.67. The fourth-order valence-corrected chi connectivity index (χ4v) is 1.95. The fourth-order valence-electron chi connectivity index (χ4n) is 1.95. The summed E-state index contributed by atoms with van der Waals surface area (Å²) in [7, 11) is 0. The van der Waals surface area contributed by atoms with Gasteiger partial charge < -0.3 is 14.6 Å². The largest absolute Gasteiger partial charge is 0.376 e. The molecule has 3 heteroatoms. The quantitative estimate of drug-likeness (QED) is 0.399. The predicted molar refractivity (Wildman–Crippen MR) is 83.3 cm³/mol. The van der Waals surface area contributed by atoms with Crippen molar-refractivity contribution in [3.05, 3.63) is 0 Å². The average molecular weight is 284 g/mol. The molecule has 118 valence electrons. The zero-order chi connectivity index (χ0) is 15.8. The third-order valence-corrected chi connectivity index (χ3v) is 3.12. The Bertz CT molecular complexity index is 291. The predicted octanol–water partition coefficient (Wildman–Crippen LogP) is 3.60. The minimum absolute atomic E-state index is 0.0741. The van der Waals surface area contributed by atoms with Crippen LogP contribution in [-0.2, 0) is 9.47 Å². The van der Waals surface area contributed by atoms with E-state index in [1.807, 2.05) is 0 Å². The number of terminal acetylenes is 1. The number of hydrogen-bond donors (Lipinski definition) is 1. The molecule has 0 unspecified atom stereocenters. The standard InChI is InChI=1S/C17H32O3/c1-8-15(11-13-20-17(6,7)18)14(2)10-9-12-19-16(3,4)5/h1,14-15,18H,9-13H2,2-7H3/t14-,15-/m1/s1. The molecule has 0 amide bonds. The van der Waals surface area contributed by atoms with Gasteiger partial charge in [-0.1, -0.05) is 6.92 Å². The van der Waals surface area contributed by atoms with Gasteiger partial charge in [0.05, 0.1) is 12.2 Å². The molecule has 0 radical (unpaired) electrons. The van der Waals surface area contributed by atoms with Crippen LogP contribution in [0.2, 0.25) is 0 Å². The number of hydrogen-bond acceptors (Lipinski definition) is 3. The van der Waals surface area contributed by atoms with Gasteiger partial charge in [0, 0.05) is 12.5 Å². The molecule has 0 aromatic carbocycles. The number of ether oxygens (including phenoxy) is 2. The Labute approximate surface area is 125 Å². The third kappa shape index (κ3) is 11.3. The van der Waals surface area contributed by atoms with Crippen LogP contribution in [0.5, 0.6) is 0 Å². The molecule has 1 N–H and O–H groups in total. The first-order valence-corrected chi connectivity index (χ1v) is 7.51. The lowest BCUT2D eigenvalue weighted by Gasteiger charge is -2.23. The molecule has 0 heterocycles. The van der Waals surface area contributed by atoms with Crippen molar-refractivity contribution in [2.45, 2.75) is 72.2 Å². The van der Waals surface area contributed by atoms with Crippen LogP contribution in [0, 0.1) is 24.2 Å². The lowest BCUT2D eigenvalue weighted by molar-refractivity contribution is -0.177. The van der Waals surface area contributed by atoms with E-state index in [0.29, 0.717) is 12.5 Å². The highest BCUT2D eigenvalue weighted by Gasteiger charge is 2.18. The molecular weight excluding hydrogens is 252 g/mol. The number of rotatable bonds is 9. The van der Waals surface area contributed by atoms with Crippen molar-refractivity contribution >= 4 is 0 Å². The van der Waals surface area contributed by atoms with Crippen molar-refractivity contribution in [2.75, 3.05) is 13.2 Å². The molecule has 2 atom stereocenters. The van der Waals surface area contributed by atoms with Crippen molar-refractivity contribution in [3.8, 4) is 12.3 Å². The third-order valence-electron chi connectivity index (χ3n) is 3.12. The van der Waals surface area contributed by atoms with Gasteiger partial charge in [-0.15, -0.1) is 12.3 Å². The van der Waals surface area contributed by atoms with Crippen molar-refractivity contribution in [1.29, 1.82) is 0 Å². The number of aliphatic hydroxyl groups is 1. The first kappa shape index (κ1) is 19.4. The molecule has 20 heavy (non-hydrogen) atoms. The highest BCUT2D eigenvalue weighted by molar-refractivity contribution is 4.95. The van der Waals surface area contributed by atoms with Gasteiger partial charge >= 0.3 is 0 Å². The molecule has 0 aliphatic carbocycles. The smallest absolute Gasteiger partial charge is 0.159 e. The van der Waals surface area contributed by atoms with Gasteiger partial charge in [0.15, 0.2) is 5.79 Å². The highest BCUT2D eigenvalue weighted by atomic mass is 16.6. The van der Waals surface area contributed by atoms with E-state index in [0.717, 1.165) is 25.9 Å². The van der Waals surface area contributed by atoms with E-state index in [1.165, 1.54) is 0 Å². The van der Waals surface area contributed by atoms with Crippen LogP contribution in [0.3, 0.4) is 0 Å². The lowest BCUT2D eigenvalue weighted by Crippen LogP contribution is -2.25. The summed E-state index contributed by atoms with van der Waals surface area (Å²) >= 11 is 0.